The van der Waals surface area contributed by atoms with Gasteiger partial charge < -0.3 is 24.6 Å². The van der Waals surface area contributed by atoms with Crippen LogP contribution < -0.4 is 14.8 Å². The number of urea groups is 1. The summed E-state index contributed by atoms with van der Waals surface area (Å²) in [4.78, 5) is 17.1. The van der Waals surface area contributed by atoms with Crippen LogP contribution in [0.5, 0.6) is 11.5 Å². The van der Waals surface area contributed by atoms with Gasteiger partial charge in [0.15, 0.2) is 0 Å². The van der Waals surface area contributed by atoms with Crippen molar-refractivity contribution in [3.05, 3.63) is 23.8 Å². The molecule has 138 valence electrons. The van der Waals surface area contributed by atoms with Gasteiger partial charge in [0.1, 0.15) is 11.5 Å². The van der Waals surface area contributed by atoms with Crippen LogP contribution in [-0.2, 0) is 0 Å². The van der Waals surface area contributed by atoms with Crippen LogP contribution >= 0.6 is 0 Å². The van der Waals surface area contributed by atoms with Crippen molar-refractivity contribution in [2.45, 2.75) is 37.8 Å². The van der Waals surface area contributed by atoms with Crippen molar-refractivity contribution >= 4 is 6.03 Å². The van der Waals surface area contributed by atoms with Crippen LogP contribution in [0.2, 0.25) is 0 Å². The lowest BCUT2D eigenvalue weighted by molar-refractivity contribution is 0.176. The van der Waals surface area contributed by atoms with E-state index in [2.05, 4.69) is 17.3 Å². The van der Waals surface area contributed by atoms with E-state index in [0.717, 1.165) is 62.4 Å². The molecule has 0 aromatic heterocycles. The first kappa shape index (κ1) is 17.9. The Labute approximate surface area is 150 Å². The summed E-state index contributed by atoms with van der Waals surface area (Å²) in [7, 11) is 5.46. The van der Waals surface area contributed by atoms with E-state index in [1.807, 2.05) is 23.1 Å². The molecule has 2 amide bonds. The Bertz CT molecular complexity index is 600. The third-order valence-corrected chi connectivity index (χ3v) is 5.36. The fraction of sp³-hybridized carbons (Fsp3) is 0.632. The molecule has 6 nitrogen and oxygen atoms in total. The SMILES string of the molecule is COc1ccc(OC)c([C@H]2CCCN2C(=O)NC2CCN(C)CC2)c1. The van der Waals surface area contributed by atoms with Gasteiger partial charge in [-0.1, -0.05) is 0 Å². The maximum atomic E-state index is 12.9. The van der Waals surface area contributed by atoms with E-state index in [-0.39, 0.29) is 18.1 Å². The first-order valence-electron chi connectivity index (χ1n) is 9.10. The number of likely N-dealkylation sites (tertiary alicyclic amines) is 2. The highest BCUT2D eigenvalue weighted by molar-refractivity contribution is 5.75. The van der Waals surface area contributed by atoms with E-state index in [0.29, 0.717) is 0 Å². The number of hydrogen-bond donors (Lipinski definition) is 1. The van der Waals surface area contributed by atoms with Gasteiger partial charge in [-0.25, -0.2) is 4.79 Å². The normalized spacial score (nSPS) is 22.0. The monoisotopic (exact) mass is 347 g/mol. The first-order chi connectivity index (χ1) is 12.1. The second kappa shape index (κ2) is 7.95. The number of hydrogen-bond acceptors (Lipinski definition) is 4. The fourth-order valence-corrected chi connectivity index (χ4v) is 3.84. The van der Waals surface area contributed by atoms with E-state index >= 15 is 0 Å². The van der Waals surface area contributed by atoms with Gasteiger partial charge in [-0.05, 0) is 64.0 Å². The Morgan fingerprint density at radius 3 is 2.56 bits per heavy atom. The van der Waals surface area contributed by atoms with Crippen molar-refractivity contribution in [3.63, 3.8) is 0 Å². The van der Waals surface area contributed by atoms with E-state index in [9.17, 15) is 4.79 Å². The Morgan fingerprint density at radius 1 is 1.12 bits per heavy atom. The van der Waals surface area contributed by atoms with Crippen molar-refractivity contribution < 1.29 is 14.3 Å². The number of benzene rings is 1. The lowest BCUT2D eigenvalue weighted by atomic mass is 10.0. The van der Waals surface area contributed by atoms with Gasteiger partial charge >= 0.3 is 6.03 Å². The third-order valence-electron chi connectivity index (χ3n) is 5.36. The number of piperidine rings is 1. The second-order valence-electron chi connectivity index (χ2n) is 6.99. The summed E-state index contributed by atoms with van der Waals surface area (Å²) in [5, 5.41) is 3.24. The number of nitrogens with one attached hydrogen (secondary N) is 1. The summed E-state index contributed by atoms with van der Waals surface area (Å²) < 4.78 is 10.9. The zero-order valence-electron chi connectivity index (χ0n) is 15.5. The van der Waals surface area contributed by atoms with Gasteiger partial charge in [0.25, 0.3) is 0 Å². The second-order valence-corrected chi connectivity index (χ2v) is 6.99. The summed E-state index contributed by atoms with van der Waals surface area (Å²) in [6, 6.07) is 6.15. The van der Waals surface area contributed by atoms with E-state index in [1.54, 1.807) is 14.2 Å². The van der Waals surface area contributed by atoms with Crippen LogP contribution in [0, 0.1) is 0 Å². The quantitative estimate of drug-likeness (QED) is 0.910. The molecule has 2 saturated heterocycles. The molecule has 1 aromatic carbocycles. The molecular weight excluding hydrogens is 318 g/mol. The smallest absolute Gasteiger partial charge is 0.318 e. The van der Waals surface area contributed by atoms with Gasteiger partial charge in [0.05, 0.1) is 20.3 Å². The highest BCUT2D eigenvalue weighted by Gasteiger charge is 2.33. The molecule has 0 unspecified atom stereocenters. The topological polar surface area (TPSA) is 54.0 Å². The molecule has 6 heteroatoms. The van der Waals surface area contributed by atoms with Crippen LogP contribution in [0.3, 0.4) is 0 Å². The zero-order valence-corrected chi connectivity index (χ0v) is 15.5. The van der Waals surface area contributed by atoms with Crippen LogP contribution in [0.4, 0.5) is 4.79 Å². The van der Waals surface area contributed by atoms with Gasteiger partial charge in [0, 0.05) is 18.2 Å². The predicted octanol–water partition coefficient (Wildman–Crippen LogP) is 2.64. The van der Waals surface area contributed by atoms with Crippen molar-refractivity contribution in [2.24, 2.45) is 0 Å². The average molecular weight is 347 g/mol. The number of carbonyl (C=O) groups is 1. The molecule has 2 fully saturated rings. The molecule has 0 aliphatic carbocycles. The number of rotatable bonds is 4. The largest absolute Gasteiger partial charge is 0.497 e. The molecule has 0 bridgehead atoms. The maximum absolute atomic E-state index is 12.9. The molecule has 0 spiro atoms. The lowest BCUT2D eigenvalue weighted by Crippen LogP contribution is -2.48. The number of amides is 2. The Kier molecular flexibility index (Phi) is 5.68. The fourth-order valence-electron chi connectivity index (χ4n) is 3.84. The molecule has 3 rings (SSSR count). The molecule has 0 saturated carbocycles. The minimum Gasteiger partial charge on any atom is -0.497 e. The Morgan fingerprint density at radius 2 is 1.88 bits per heavy atom. The number of nitrogens with zero attached hydrogens (tertiary/aromatic N) is 2. The zero-order chi connectivity index (χ0) is 17.8. The molecule has 1 aromatic rings. The highest BCUT2D eigenvalue weighted by atomic mass is 16.5. The molecule has 25 heavy (non-hydrogen) atoms. The number of carbonyl (C=O) groups excluding carboxylic acids is 1. The standard InChI is InChI=1S/C19H29N3O3/c1-21-11-8-14(9-12-21)20-19(23)22-10-4-5-17(22)16-13-15(24-2)6-7-18(16)25-3/h6-7,13-14,17H,4-5,8-12H2,1-3H3,(H,20,23)/t17-/m1/s1. The van der Waals surface area contributed by atoms with E-state index in [4.69, 9.17) is 9.47 Å². The Balaban J connectivity index is 1.73. The molecule has 2 heterocycles. The summed E-state index contributed by atoms with van der Waals surface area (Å²) in [6.45, 7) is 2.86. The van der Waals surface area contributed by atoms with Crippen LogP contribution in [0.1, 0.15) is 37.3 Å². The van der Waals surface area contributed by atoms with Crippen LogP contribution in [0.15, 0.2) is 18.2 Å². The van der Waals surface area contributed by atoms with Crippen molar-refractivity contribution in [3.8, 4) is 11.5 Å². The summed E-state index contributed by atoms with van der Waals surface area (Å²) in [5.74, 6) is 1.60. The number of methoxy groups -OCH3 is 2. The molecular formula is C19H29N3O3. The summed E-state index contributed by atoms with van der Waals surface area (Å²) >= 11 is 0. The highest BCUT2D eigenvalue weighted by Crippen LogP contribution is 2.38. The van der Waals surface area contributed by atoms with E-state index in [1.165, 1.54) is 0 Å². The van der Waals surface area contributed by atoms with Gasteiger partial charge in [-0.2, -0.15) is 0 Å². The predicted molar refractivity (Wildman–Crippen MR) is 97.3 cm³/mol. The van der Waals surface area contributed by atoms with Crippen LogP contribution in [0.25, 0.3) is 0 Å². The maximum Gasteiger partial charge on any atom is 0.318 e. The molecule has 2 aliphatic heterocycles. The van der Waals surface area contributed by atoms with Gasteiger partial charge in [0.2, 0.25) is 0 Å². The summed E-state index contributed by atoms with van der Waals surface area (Å²) in [5.41, 5.74) is 1.03. The van der Waals surface area contributed by atoms with Crippen molar-refractivity contribution in [2.75, 3.05) is 40.9 Å². The summed E-state index contributed by atoms with van der Waals surface area (Å²) in [6.07, 6.45) is 3.99. The molecule has 2 aliphatic rings. The van der Waals surface area contributed by atoms with Crippen molar-refractivity contribution in [1.82, 2.24) is 15.1 Å². The van der Waals surface area contributed by atoms with Crippen molar-refractivity contribution in [1.29, 1.82) is 0 Å². The average Bonchev–Trinajstić information content (AvgIpc) is 3.12. The molecule has 1 N–H and O–H groups in total. The minimum atomic E-state index is 0.0383. The van der Waals surface area contributed by atoms with Gasteiger partial charge in [-0.3, -0.25) is 0 Å². The third kappa shape index (κ3) is 4.00. The molecule has 1 atom stereocenters. The minimum absolute atomic E-state index is 0.0383. The number of ether oxygens (including phenoxy) is 2. The Hall–Kier alpha value is -1.95. The van der Waals surface area contributed by atoms with Gasteiger partial charge in [-0.15, -0.1) is 0 Å². The van der Waals surface area contributed by atoms with Crippen LogP contribution in [-0.4, -0.2) is 62.8 Å². The van der Waals surface area contributed by atoms with E-state index < -0.39 is 0 Å². The first-order valence-corrected chi connectivity index (χ1v) is 9.10. The molecule has 0 radical (unpaired) electrons. The lowest BCUT2D eigenvalue weighted by Gasteiger charge is -2.32.